The van der Waals surface area contributed by atoms with E-state index in [1.54, 1.807) is 25.2 Å². The van der Waals surface area contributed by atoms with Gasteiger partial charge in [0.15, 0.2) is 11.5 Å². The fourth-order valence-corrected chi connectivity index (χ4v) is 1.62. The summed E-state index contributed by atoms with van der Waals surface area (Å²) in [7, 11) is 7.63. The monoisotopic (exact) mass is 219 g/mol. The first kappa shape index (κ1) is 11.3. The van der Waals surface area contributed by atoms with Gasteiger partial charge in [0.25, 0.3) is 0 Å². The molecule has 1 aliphatic rings. The molecular formula is C11H14BNO3. The van der Waals surface area contributed by atoms with Gasteiger partial charge in [-0.3, -0.25) is 0 Å². The van der Waals surface area contributed by atoms with E-state index in [2.05, 4.69) is 5.32 Å². The number of aliphatic hydroxyl groups is 1. The van der Waals surface area contributed by atoms with Crippen LogP contribution in [0.5, 0.6) is 11.5 Å². The maximum atomic E-state index is 10.2. The molecule has 2 N–H and O–H groups in total. The second-order valence-corrected chi connectivity index (χ2v) is 3.90. The number of fused-ring (bicyclic) bond motifs is 1. The highest BCUT2D eigenvalue weighted by atomic mass is 16.7. The van der Waals surface area contributed by atoms with E-state index in [9.17, 15) is 5.11 Å². The van der Waals surface area contributed by atoms with E-state index in [4.69, 9.17) is 17.3 Å². The van der Waals surface area contributed by atoms with E-state index in [1.807, 2.05) is 6.92 Å². The number of benzene rings is 1. The van der Waals surface area contributed by atoms with Crippen molar-refractivity contribution in [2.45, 2.75) is 18.5 Å². The Balaban J connectivity index is 2.34. The molecular weight excluding hydrogens is 205 g/mol. The van der Waals surface area contributed by atoms with Gasteiger partial charge in [0.1, 0.15) is 7.85 Å². The minimum absolute atomic E-state index is 0.212. The molecule has 2 radical (unpaired) electrons. The molecule has 0 fully saturated rings. The van der Waals surface area contributed by atoms with Crippen molar-refractivity contribution in [3.05, 3.63) is 23.8 Å². The molecule has 16 heavy (non-hydrogen) atoms. The first-order valence-corrected chi connectivity index (χ1v) is 5.14. The maximum absolute atomic E-state index is 10.2. The molecule has 2 rings (SSSR count). The van der Waals surface area contributed by atoms with Crippen LogP contribution in [0.15, 0.2) is 18.2 Å². The average molecular weight is 219 g/mol. The van der Waals surface area contributed by atoms with Crippen molar-refractivity contribution in [1.29, 1.82) is 0 Å². The Morgan fingerprint density at radius 3 is 2.81 bits per heavy atom. The number of hydrogen-bond donors (Lipinski definition) is 2. The maximum Gasteiger partial charge on any atom is 0.231 e. The van der Waals surface area contributed by atoms with Crippen LogP contribution >= 0.6 is 0 Å². The summed E-state index contributed by atoms with van der Waals surface area (Å²) in [5, 5.41) is 13.1. The molecule has 0 spiro atoms. The number of nitrogens with one attached hydrogen (secondary N) is 1. The zero-order valence-corrected chi connectivity index (χ0v) is 9.36. The second-order valence-electron chi connectivity index (χ2n) is 3.90. The summed E-state index contributed by atoms with van der Waals surface area (Å²) in [5.74, 6) is 1.29. The average Bonchev–Trinajstić information content (AvgIpc) is 2.74. The first-order chi connectivity index (χ1) is 7.55. The second kappa shape index (κ2) is 3.99. The van der Waals surface area contributed by atoms with Crippen molar-refractivity contribution in [2.75, 3.05) is 13.8 Å². The molecule has 2 unspecified atom stereocenters. The van der Waals surface area contributed by atoms with Gasteiger partial charge in [0, 0.05) is 6.04 Å². The Morgan fingerprint density at radius 1 is 1.44 bits per heavy atom. The summed E-state index contributed by atoms with van der Waals surface area (Å²) >= 11 is 0. The molecule has 0 aromatic heterocycles. The molecule has 2 atom stereocenters. The molecule has 84 valence electrons. The lowest BCUT2D eigenvalue weighted by Crippen LogP contribution is -2.45. The van der Waals surface area contributed by atoms with Gasteiger partial charge in [0.2, 0.25) is 6.79 Å². The fraction of sp³-hybridized carbons (Fsp3) is 0.455. The van der Waals surface area contributed by atoms with Crippen LogP contribution in [0.2, 0.25) is 0 Å². The van der Waals surface area contributed by atoms with Crippen molar-refractivity contribution in [1.82, 2.24) is 5.32 Å². The zero-order chi connectivity index (χ0) is 11.8. The van der Waals surface area contributed by atoms with Gasteiger partial charge in [0.05, 0.1) is 5.50 Å². The molecule has 0 amide bonds. The SMILES string of the molecule is [B]C(O)(c1ccc2c(c1)OCO2)C(C)NC. The van der Waals surface area contributed by atoms with Crippen LogP contribution in [-0.2, 0) is 5.50 Å². The van der Waals surface area contributed by atoms with Gasteiger partial charge in [-0.25, -0.2) is 0 Å². The van der Waals surface area contributed by atoms with E-state index in [-0.39, 0.29) is 12.8 Å². The van der Waals surface area contributed by atoms with Crippen LogP contribution in [0, 0.1) is 0 Å². The lowest BCUT2D eigenvalue weighted by Gasteiger charge is -2.31. The Kier molecular flexibility index (Phi) is 2.82. The Hall–Kier alpha value is -1.20. The Labute approximate surface area is 96.0 Å². The van der Waals surface area contributed by atoms with Gasteiger partial charge in [-0.05, 0) is 31.7 Å². The third-order valence-corrected chi connectivity index (χ3v) is 2.93. The molecule has 5 heteroatoms. The highest BCUT2D eigenvalue weighted by Gasteiger charge is 2.30. The molecule has 1 heterocycles. The summed E-state index contributed by atoms with van der Waals surface area (Å²) < 4.78 is 10.4. The highest BCUT2D eigenvalue weighted by molar-refractivity contribution is 6.15. The van der Waals surface area contributed by atoms with E-state index in [1.165, 1.54) is 0 Å². The van der Waals surface area contributed by atoms with E-state index in [0.29, 0.717) is 17.1 Å². The lowest BCUT2D eigenvalue weighted by molar-refractivity contribution is 0.0910. The summed E-state index contributed by atoms with van der Waals surface area (Å²) in [6.45, 7) is 2.02. The first-order valence-electron chi connectivity index (χ1n) is 5.14. The lowest BCUT2D eigenvalue weighted by atomic mass is 9.71. The molecule has 0 saturated heterocycles. The van der Waals surface area contributed by atoms with Gasteiger partial charge in [-0.15, -0.1) is 0 Å². The van der Waals surface area contributed by atoms with Crippen LogP contribution in [0.4, 0.5) is 0 Å². The summed E-state index contributed by atoms with van der Waals surface area (Å²) in [5.41, 5.74) is -0.839. The van der Waals surface area contributed by atoms with Gasteiger partial charge in [-0.2, -0.15) is 0 Å². The number of rotatable bonds is 3. The molecule has 4 nitrogen and oxygen atoms in total. The third-order valence-electron chi connectivity index (χ3n) is 2.93. The smallest absolute Gasteiger partial charge is 0.231 e. The van der Waals surface area contributed by atoms with Crippen LogP contribution in [-0.4, -0.2) is 32.8 Å². The summed E-state index contributed by atoms with van der Waals surface area (Å²) in [4.78, 5) is 0. The number of likely N-dealkylation sites (N-methyl/N-ethyl adjacent to an activating group) is 1. The van der Waals surface area contributed by atoms with Crippen LogP contribution in [0.25, 0.3) is 0 Å². The van der Waals surface area contributed by atoms with Crippen LogP contribution < -0.4 is 14.8 Å². The molecule has 1 aromatic rings. The normalized spacial score (nSPS) is 19.2. The zero-order valence-electron chi connectivity index (χ0n) is 9.36. The predicted molar refractivity (Wildman–Crippen MR) is 60.7 cm³/mol. The van der Waals surface area contributed by atoms with Crippen molar-refractivity contribution in [3.63, 3.8) is 0 Å². The Bertz CT molecular complexity index is 395. The quantitative estimate of drug-likeness (QED) is 0.719. The van der Waals surface area contributed by atoms with Crippen molar-refractivity contribution < 1.29 is 14.6 Å². The van der Waals surface area contributed by atoms with Crippen molar-refractivity contribution in [2.24, 2.45) is 0 Å². The molecule has 0 aliphatic carbocycles. The predicted octanol–water partition coefficient (Wildman–Crippen LogP) is 0.337. The third kappa shape index (κ3) is 1.76. The minimum Gasteiger partial charge on any atom is -0.454 e. The topological polar surface area (TPSA) is 50.7 Å². The fourth-order valence-electron chi connectivity index (χ4n) is 1.62. The minimum atomic E-state index is -1.43. The van der Waals surface area contributed by atoms with E-state index >= 15 is 0 Å². The Morgan fingerprint density at radius 2 is 2.12 bits per heavy atom. The number of hydrogen-bond acceptors (Lipinski definition) is 4. The van der Waals surface area contributed by atoms with Crippen molar-refractivity contribution >= 4 is 7.85 Å². The van der Waals surface area contributed by atoms with E-state index < -0.39 is 5.50 Å². The summed E-state index contributed by atoms with van der Waals surface area (Å²) in [6, 6.07) is 4.92. The van der Waals surface area contributed by atoms with Gasteiger partial charge >= 0.3 is 0 Å². The molecule has 0 bridgehead atoms. The van der Waals surface area contributed by atoms with Gasteiger partial charge in [-0.1, -0.05) is 6.07 Å². The number of ether oxygens (including phenoxy) is 2. The summed E-state index contributed by atoms with van der Waals surface area (Å²) in [6.07, 6.45) is 0. The van der Waals surface area contributed by atoms with Gasteiger partial charge < -0.3 is 19.9 Å². The molecule has 0 saturated carbocycles. The standard InChI is InChI=1S/C11H14BNO3/c1-7(13-2)11(12,14)8-3-4-9-10(5-8)16-6-15-9/h3-5,7,13-14H,6H2,1-2H3. The van der Waals surface area contributed by atoms with Crippen LogP contribution in [0.3, 0.4) is 0 Å². The largest absolute Gasteiger partial charge is 0.454 e. The van der Waals surface area contributed by atoms with Crippen LogP contribution in [0.1, 0.15) is 12.5 Å². The highest BCUT2D eigenvalue weighted by Crippen LogP contribution is 2.35. The molecule has 1 aromatic carbocycles. The van der Waals surface area contributed by atoms with E-state index in [0.717, 1.165) is 0 Å². The molecule has 1 aliphatic heterocycles. The van der Waals surface area contributed by atoms with Crippen molar-refractivity contribution in [3.8, 4) is 11.5 Å².